The molecule has 3 rings (SSSR count). The van der Waals surface area contributed by atoms with E-state index in [2.05, 4.69) is 16.2 Å². The number of hydrogen-bond acceptors (Lipinski definition) is 3. The number of nitrogens with zero attached hydrogens (tertiary/aromatic N) is 3. The number of H-pyrrole nitrogens is 1. The second-order valence-corrected chi connectivity index (χ2v) is 4.34. The van der Waals surface area contributed by atoms with Crippen molar-refractivity contribution in [1.29, 1.82) is 5.26 Å². The lowest BCUT2D eigenvalue weighted by Crippen LogP contribution is -2.35. The molecule has 0 unspecified atom stereocenters. The van der Waals surface area contributed by atoms with Gasteiger partial charge in [0.05, 0.1) is 6.07 Å². The van der Waals surface area contributed by atoms with E-state index in [4.69, 9.17) is 5.73 Å². The summed E-state index contributed by atoms with van der Waals surface area (Å²) in [6.45, 7) is 0. The highest BCUT2D eigenvalue weighted by atomic mass is 15.3. The second-order valence-electron chi connectivity index (χ2n) is 4.34. The van der Waals surface area contributed by atoms with Gasteiger partial charge in [0, 0.05) is 35.8 Å². The van der Waals surface area contributed by atoms with Crippen molar-refractivity contribution < 1.29 is 4.68 Å². The molecule has 3 aromatic rings. The lowest BCUT2D eigenvalue weighted by atomic mass is 10.2. The summed E-state index contributed by atoms with van der Waals surface area (Å²) < 4.78 is 1.72. The Morgan fingerprint density at radius 1 is 1.20 bits per heavy atom. The maximum Gasteiger partial charge on any atom is 0.315 e. The van der Waals surface area contributed by atoms with E-state index in [0.717, 1.165) is 16.9 Å². The Hall–Kier alpha value is -3.13. The third-order valence-electron chi connectivity index (χ3n) is 2.99. The average molecular weight is 262 g/mol. The van der Waals surface area contributed by atoms with Crippen molar-refractivity contribution in [3.05, 3.63) is 60.6 Å². The van der Waals surface area contributed by atoms with E-state index in [1.54, 1.807) is 35.3 Å². The van der Waals surface area contributed by atoms with Gasteiger partial charge in [-0.25, -0.2) is 0 Å². The molecule has 0 saturated carbocycles. The molecule has 0 bridgehead atoms. The van der Waals surface area contributed by atoms with Gasteiger partial charge in [0.1, 0.15) is 5.69 Å². The first-order valence-corrected chi connectivity index (χ1v) is 6.09. The van der Waals surface area contributed by atoms with Crippen LogP contribution in [0.3, 0.4) is 0 Å². The molecule has 96 valence electrons. The smallest absolute Gasteiger partial charge is 0.315 e. The molecule has 0 radical (unpaired) electrons. The Labute approximate surface area is 115 Å². The maximum absolute atomic E-state index is 9.26. The Kier molecular flexibility index (Phi) is 2.90. The topological polar surface area (TPSA) is 82.4 Å². The van der Waals surface area contributed by atoms with Crippen molar-refractivity contribution in [2.75, 3.05) is 5.73 Å². The van der Waals surface area contributed by atoms with Gasteiger partial charge in [0.15, 0.2) is 6.07 Å². The lowest BCUT2D eigenvalue weighted by Gasteiger charge is -1.95. The highest BCUT2D eigenvalue weighted by Crippen LogP contribution is 2.16. The van der Waals surface area contributed by atoms with Crippen LogP contribution in [-0.4, -0.2) is 10.1 Å². The van der Waals surface area contributed by atoms with E-state index < -0.39 is 0 Å². The highest BCUT2D eigenvalue weighted by Gasteiger charge is 2.19. The number of rotatable bonds is 2. The summed E-state index contributed by atoms with van der Waals surface area (Å²) in [7, 11) is 0. The summed E-state index contributed by atoms with van der Waals surface area (Å²) in [6, 6.07) is 15.1. The molecule has 0 spiro atoms. The van der Waals surface area contributed by atoms with Gasteiger partial charge in [-0.2, -0.15) is 10.4 Å². The minimum Gasteiger partial charge on any atom is -0.399 e. The van der Waals surface area contributed by atoms with Crippen LogP contribution in [0.25, 0.3) is 16.9 Å². The Morgan fingerprint density at radius 2 is 2.00 bits per heavy atom. The van der Waals surface area contributed by atoms with E-state index >= 15 is 0 Å². The number of nitrogens with one attached hydrogen (secondary N) is 1. The van der Waals surface area contributed by atoms with E-state index in [1.165, 1.54) is 0 Å². The van der Waals surface area contributed by atoms with E-state index in [1.807, 2.05) is 24.3 Å². The first-order chi connectivity index (χ1) is 9.78. The van der Waals surface area contributed by atoms with Crippen LogP contribution in [0.4, 0.5) is 5.69 Å². The molecule has 3 N–H and O–H groups in total. The molecule has 0 aliphatic heterocycles. The van der Waals surface area contributed by atoms with Crippen molar-refractivity contribution >= 4 is 5.69 Å². The molecule has 0 saturated heterocycles. The fraction of sp³-hybridized carbons (Fsp3) is 0. The van der Waals surface area contributed by atoms with Crippen molar-refractivity contribution in [2.45, 2.75) is 0 Å². The zero-order chi connectivity index (χ0) is 13.9. The number of nitrogens with two attached hydrogens (primary N) is 1. The van der Waals surface area contributed by atoms with E-state index in [-0.39, 0.29) is 0 Å². The molecule has 2 heterocycles. The summed E-state index contributed by atoms with van der Waals surface area (Å²) in [5.41, 5.74) is 9.51. The SMILES string of the molecule is N#Cc1cc(-c2cccnc2)[nH][n+]1-c1ccc(N)cc1. The van der Waals surface area contributed by atoms with Crippen molar-refractivity contribution in [3.63, 3.8) is 0 Å². The first kappa shape index (κ1) is 11.9. The second kappa shape index (κ2) is 4.86. The Balaban J connectivity index is 2.11. The van der Waals surface area contributed by atoms with Crippen LogP contribution in [0, 0.1) is 11.3 Å². The van der Waals surface area contributed by atoms with E-state index in [9.17, 15) is 5.26 Å². The maximum atomic E-state index is 9.26. The van der Waals surface area contributed by atoms with E-state index in [0.29, 0.717) is 11.4 Å². The van der Waals surface area contributed by atoms with Gasteiger partial charge in [-0.1, -0.05) is 4.68 Å². The van der Waals surface area contributed by atoms with Gasteiger partial charge < -0.3 is 5.73 Å². The lowest BCUT2D eigenvalue weighted by molar-refractivity contribution is -0.657. The number of anilines is 1. The fourth-order valence-corrected chi connectivity index (χ4v) is 1.99. The predicted molar refractivity (Wildman–Crippen MR) is 74.7 cm³/mol. The minimum atomic E-state index is 0.522. The Bertz CT molecular complexity index is 766. The number of pyridine rings is 1. The third kappa shape index (κ3) is 2.10. The molecule has 1 aromatic carbocycles. The van der Waals surface area contributed by atoms with Crippen LogP contribution in [0.15, 0.2) is 54.9 Å². The standard InChI is InChI=1S/C15H11N5/c16-9-14-8-15(11-2-1-7-18-10-11)19-20(14)13-5-3-12(17)4-6-13/h1-8,10H,17H2/p+1. The van der Waals surface area contributed by atoms with Crippen molar-refractivity contribution in [3.8, 4) is 23.0 Å². The number of benzene rings is 1. The summed E-state index contributed by atoms with van der Waals surface area (Å²) in [4.78, 5) is 4.08. The number of hydrogen-bond donors (Lipinski definition) is 2. The first-order valence-electron chi connectivity index (χ1n) is 6.09. The predicted octanol–water partition coefficient (Wildman–Crippen LogP) is 1.81. The summed E-state index contributed by atoms with van der Waals surface area (Å²) in [5, 5.41) is 12.5. The Morgan fingerprint density at radius 3 is 2.65 bits per heavy atom. The summed E-state index contributed by atoms with van der Waals surface area (Å²) >= 11 is 0. The van der Waals surface area contributed by atoms with Gasteiger partial charge in [0.25, 0.3) is 0 Å². The van der Waals surface area contributed by atoms with Crippen LogP contribution < -0.4 is 10.4 Å². The van der Waals surface area contributed by atoms with Gasteiger partial charge in [-0.15, -0.1) is 0 Å². The van der Waals surface area contributed by atoms with Crippen LogP contribution in [0.2, 0.25) is 0 Å². The number of nitrogen functional groups attached to an aromatic ring is 1. The average Bonchev–Trinajstić information content (AvgIpc) is 2.93. The highest BCUT2D eigenvalue weighted by molar-refractivity contribution is 5.58. The molecule has 20 heavy (non-hydrogen) atoms. The summed E-state index contributed by atoms with van der Waals surface area (Å²) in [5.74, 6) is 0. The normalized spacial score (nSPS) is 10.2. The van der Waals surface area contributed by atoms with Crippen LogP contribution in [0.5, 0.6) is 0 Å². The zero-order valence-corrected chi connectivity index (χ0v) is 10.6. The number of aromatic amines is 1. The molecule has 2 aromatic heterocycles. The molecular weight excluding hydrogens is 250 g/mol. The molecule has 0 fully saturated rings. The van der Waals surface area contributed by atoms with Crippen molar-refractivity contribution in [2.24, 2.45) is 0 Å². The zero-order valence-electron chi connectivity index (χ0n) is 10.6. The monoisotopic (exact) mass is 262 g/mol. The van der Waals surface area contributed by atoms with Gasteiger partial charge in [-0.05, 0) is 24.3 Å². The quantitative estimate of drug-likeness (QED) is 0.545. The molecule has 5 heteroatoms. The molecule has 0 atom stereocenters. The molecule has 5 nitrogen and oxygen atoms in total. The van der Waals surface area contributed by atoms with Crippen LogP contribution >= 0.6 is 0 Å². The molecular formula is C15H12N5+. The largest absolute Gasteiger partial charge is 0.399 e. The summed E-state index contributed by atoms with van der Waals surface area (Å²) in [6.07, 6.45) is 3.46. The van der Waals surface area contributed by atoms with Gasteiger partial charge >= 0.3 is 5.69 Å². The van der Waals surface area contributed by atoms with Crippen molar-refractivity contribution in [1.82, 2.24) is 10.1 Å². The molecule has 0 aliphatic carbocycles. The van der Waals surface area contributed by atoms with Gasteiger partial charge in [-0.3, -0.25) is 4.98 Å². The fourth-order valence-electron chi connectivity index (χ4n) is 1.99. The number of aromatic nitrogens is 3. The molecule has 0 amide bonds. The van der Waals surface area contributed by atoms with Crippen LogP contribution in [-0.2, 0) is 0 Å². The third-order valence-corrected chi connectivity index (χ3v) is 2.99. The van der Waals surface area contributed by atoms with Crippen LogP contribution in [0.1, 0.15) is 5.69 Å². The number of nitriles is 1. The molecule has 0 aliphatic rings. The minimum absolute atomic E-state index is 0.522. The van der Waals surface area contributed by atoms with Gasteiger partial charge in [0.2, 0.25) is 5.69 Å².